The summed E-state index contributed by atoms with van der Waals surface area (Å²) in [6.07, 6.45) is 1.00. The van der Waals surface area contributed by atoms with Crippen LogP contribution in [0.1, 0.15) is 5.56 Å². The summed E-state index contributed by atoms with van der Waals surface area (Å²) in [5.41, 5.74) is 1.51. The lowest BCUT2D eigenvalue weighted by atomic mass is 10.0. The van der Waals surface area contributed by atoms with Gasteiger partial charge in [0.05, 0.1) is 10.7 Å². The number of sulfone groups is 1. The fourth-order valence-corrected chi connectivity index (χ4v) is 4.74. The highest BCUT2D eigenvalue weighted by Crippen LogP contribution is 2.40. The molecule has 3 aromatic carbocycles. The standard InChI is InChI=1S/C24H15Cl3F2N2O3S/c1-35(32,33)23-21(14-3-5-15(25)6-4-14)22(17-8-7-16(26)11-18(17)27)30-24(31-23)34-12-13-2-9-19(28)20(29)10-13/h2-11H,12H2,1H3. The van der Waals surface area contributed by atoms with Crippen molar-refractivity contribution >= 4 is 44.6 Å². The molecular formula is C24H15Cl3F2N2O3S. The summed E-state index contributed by atoms with van der Waals surface area (Å²) in [6.45, 7) is -0.242. The summed E-state index contributed by atoms with van der Waals surface area (Å²) in [4.78, 5) is 8.58. The molecule has 0 bridgehead atoms. The minimum absolute atomic E-state index is 0.171. The number of ether oxygens (including phenoxy) is 1. The molecule has 0 radical (unpaired) electrons. The van der Waals surface area contributed by atoms with E-state index in [0.29, 0.717) is 26.7 Å². The maximum absolute atomic E-state index is 13.6. The van der Waals surface area contributed by atoms with Crippen LogP contribution < -0.4 is 4.74 Å². The van der Waals surface area contributed by atoms with Gasteiger partial charge in [-0.05, 0) is 53.6 Å². The maximum Gasteiger partial charge on any atom is 0.318 e. The first-order valence-corrected chi connectivity index (χ1v) is 13.0. The van der Waals surface area contributed by atoms with E-state index < -0.39 is 21.5 Å². The van der Waals surface area contributed by atoms with Gasteiger partial charge in [-0.3, -0.25) is 0 Å². The SMILES string of the molecule is CS(=O)(=O)c1nc(OCc2ccc(F)c(F)c2)nc(-c2ccc(Cl)cc2Cl)c1-c1ccc(Cl)cc1. The second kappa shape index (κ2) is 10.1. The Balaban J connectivity index is 1.92. The van der Waals surface area contributed by atoms with Crippen molar-refractivity contribution in [3.05, 3.63) is 92.9 Å². The zero-order chi connectivity index (χ0) is 25.3. The molecule has 0 spiro atoms. The first kappa shape index (κ1) is 25.3. The van der Waals surface area contributed by atoms with Gasteiger partial charge >= 0.3 is 6.01 Å². The third kappa shape index (κ3) is 5.73. The quantitative estimate of drug-likeness (QED) is 0.239. The summed E-state index contributed by atoms with van der Waals surface area (Å²) in [5.74, 6) is -2.05. The molecule has 0 unspecified atom stereocenters. The van der Waals surface area contributed by atoms with Crippen LogP contribution in [0.4, 0.5) is 8.78 Å². The van der Waals surface area contributed by atoms with Crippen molar-refractivity contribution in [3.8, 4) is 28.4 Å². The Bertz CT molecular complexity index is 1530. The van der Waals surface area contributed by atoms with E-state index in [2.05, 4.69) is 9.97 Å². The zero-order valence-corrected chi connectivity index (χ0v) is 21.0. The first-order valence-electron chi connectivity index (χ1n) is 9.93. The van der Waals surface area contributed by atoms with E-state index in [0.717, 1.165) is 18.4 Å². The van der Waals surface area contributed by atoms with Crippen LogP contribution in [0.5, 0.6) is 6.01 Å². The lowest BCUT2D eigenvalue weighted by molar-refractivity contribution is 0.277. The van der Waals surface area contributed by atoms with Crippen LogP contribution in [0.25, 0.3) is 22.4 Å². The van der Waals surface area contributed by atoms with Gasteiger partial charge in [0.15, 0.2) is 26.5 Å². The Kier molecular flexibility index (Phi) is 7.28. The van der Waals surface area contributed by atoms with E-state index in [1.807, 2.05) is 0 Å². The minimum atomic E-state index is -3.90. The largest absolute Gasteiger partial charge is 0.459 e. The predicted molar refractivity (Wildman–Crippen MR) is 132 cm³/mol. The molecule has 0 aliphatic heterocycles. The molecule has 0 amide bonds. The zero-order valence-electron chi connectivity index (χ0n) is 17.9. The number of aromatic nitrogens is 2. The van der Waals surface area contributed by atoms with Gasteiger partial charge in [-0.25, -0.2) is 17.2 Å². The Morgan fingerprint density at radius 2 is 1.54 bits per heavy atom. The Morgan fingerprint density at radius 1 is 0.857 bits per heavy atom. The fraction of sp³-hybridized carbons (Fsp3) is 0.0833. The fourth-order valence-electron chi connectivity index (χ4n) is 3.28. The van der Waals surface area contributed by atoms with Crippen molar-refractivity contribution in [1.29, 1.82) is 0 Å². The highest BCUT2D eigenvalue weighted by molar-refractivity contribution is 7.90. The van der Waals surface area contributed by atoms with Crippen molar-refractivity contribution in [3.63, 3.8) is 0 Å². The molecule has 4 rings (SSSR count). The van der Waals surface area contributed by atoms with E-state index in [1.54, 1.807) is 36.4 Å². The van der Waals surface area contributed by atoms with E-state index in [4.69, 9.17) is 39.5 Å². The molecule has 0 aliphatic rings. The molecule has 0 aliphatic carbocycles. The van der Waals surface area contributed by atoms with Crippen molar-refractivity contribution < 1.29 is 21.9 Å². The van der Waals surface area contributed by atoms with Crippen LogP contribution in [0.15, 0.2) is 65.7 Å². The first-order chi connectivity index (χ1) is 16.5. The van der Waals surface area contributed by atoms with E-state index in [1.165, 1.54) is 12.1 Å². The Labute approximate surface area is 215 Å². The van der Waals surface area contributed by atoms with Gasteiger partial charge < -0.3 is 4.74 Å². The van der Waals surface area contributed by atoms with Crippen molar-refractivity contribution in [2.75, 3.05) is 6.26 Å². The van der Waals surface area contributed by atoms with Gasteiger partial charge in [-0.15, -0.1) is 0 Å². The van der Waals surface area contributed by atoms with Gasteiger partial charge in [0.1, 0.15) is 6.61 Å². The lowest BCUT2D eigenvalue weighted by Gasteiger charge is -2.16. The summed E-state index contributed by atoms with van der Waals surface area (Å²) in [7, 11) is -3.90. The highest BCUT2D eigenvalue weighted by Gasteiger charge is 2.26. The summed E-state index contributed by atoms with van der Waals surface area (Å²) in [6, 6.07) is 14.1. The normalized spacial score (nSPS) is 11.5. The lowest BCUT2D eigenvalue weighted by Crippen LogP contribution is -2.10. The summed E-state index contributed by atoms with van der Waals surface area (Å²) >= 11 is 18.5. The van der Waals surface area contributed by atoms with Crippen LogP contribution in [0.2, 0.25) is 15.1 Å². The molecule has 5 nitrogen and oxygen atoms in total. The van der Waals surface area contributed by atoms with E-state index in [9.17, 15) is 17.2 Å². The van der Waals surface area contributed by atoms with Crippen LogP contribution in [0.3, 0.4) is 0 Å². The third-order valence-electron chi connectivity index (χ3n) is 4.88. The smallest absolute Gasteiger partial charge is 0.318 e. The van der Waals surface area contributed by atoms with Crippen molar-refractivity contribution in [1.82, 2.24) is 9.97 Å². The average molecular weight is 556 g/mol. The monoisotopic (exact) mass is 554 g/mol. The molecule has 0 fully saturated rings. The third-order valence-corrected chi connectivity index (χ3v) is 6.68. The van der Waals surface area contributed by atoms with Gasteiger partial charge in [0, 0.05) is 27.4 Å². The van der Waals surface area contributed by atoms with Gasteiger partial charge in [0.2, 0.25) is 0 Å². The maximum atomic E-state index is 13.6. The van der Waals surface area contributed by atoms with Gasteiger partial charge in [-0.2, -0.15) is 9.97 Å². The highest BCUT2D eigenvalue weighted by atomic mass is 35.5. The molecule has 1 aromatic heterocycles. The summed E-state index contributed by atoms with van der Waals surface area (Å²) < 4.78 is 58.0. The molecule has 180 valence electrons. The van der Waals surface area contributed by atoms with Crippen molar-refractivity contribution in [2.45, 2.75) is 11.6 Å². The van der Waals surface area contributed by atoms with E-state index >= 15 is 0 Å². The van der Waals surface area contributed by atoms with Gasteiger partial charge in [0.25, 0.3) is 0 Å². The molecule has 0 saturated heterocycles. The van der Waals surface area contributed by atoms with Crippen LogP contribution >= 0.6 is 34.8 Å². The average Bonchev–Trinajstić information content (AvgIpc) is 2.79. The topological polar surface area (TPSA) is 69.2 Å². The summed E-state index contributed by atoms with van der Waals surface area (Å²) in [5, 5.41) is 0.737. The number of rotatable bonds is 6. The molecule has 0 atom stereocenters. The minimum Gasteiger partial charge on any atom is -0.459 e. The molecule has 11 heteroatoms. The molecule has 0 N–H and O–H groups in total. The number of nitrogens with zero attached hydrogens (tertiary/aromatic N) is 2. The Morgan fingerprint density at radius 3 is 2.17 bits per heavy atom. The number of halogens is 5. The number of benzene rings is 3. The molecular weight excluding hydrogens is 541 g/mol. The molecule has 1 heterocycles. The number of hydrogen-bond donors (Lipinski definition) is 0. The van der Waals surface area contributed by atoms with Crippen molar-refractivity contribution in [2.24, 2.45) is 0 Å². The van der Waals surface area contributed by atoms with Crippen LogP contribution in [-0.4, -0.2) is 24.6 Å². The van der Waals surface area contributed by atoms with E-state index in [-0.39, 0.29) is 33.9 Å². The molecule has 35 heavy (non-hydrogen) atoms. The van der Waals surface area contributed by atoms with Crippen LogP contribution in [-0.2, 0) is 16.4 Å². The second-order valence-corrected chi connectivity index (χ2v) is 10.7. The molecule has 0 saturated carbocycles. The Hall–Kier alpha value is -2.78. The molecule has 4 aromatic rings. The number of hydrogen-bond acceptors (Lipinski definition) is 5. The van der Waals surface area contributed by atoms with Crippen LogP contribution in [0, 0.1) is 11.6 Å². The second-order valence-electron chi connectivity index (χ2n) is 7.48. The predicted octanol–water partition coefficient (Wildman–Crippen LogP) is 7.03. The van der Waals surface area contributed by atoms with Gasteiger partial charge in [-0.1, -0.05) is 53.0 Å².